The Morgan fingerprint density at radius 2 is 1.86 bits per heavy atom. The summed E-state index contributed by atoms with van der Waals surface area (Å²) in [6, 6.07) is 15.1. The lowest BCUT2D eigenvalue weighted by atomic mass is 10.0. The van der Waals surface area contributed by atoms with Crippen molar-refractivity contribution in [3.63, 3.8) is 0 Å². The Labute approximate surface area is 172 Å². The molecule has 2 aliphatic rings. The van der Waals surface area contributed by atoms with E-state index in [1.807, 2.05) is 66.4 Å². The minimum atomic E-state index is -0.944. The van der Waals surface area contributed by atoms with Crippen LogP contribution in [0.25, 0.3) is 5.70 Å². The van der Waals surface area contributed by atoms with E-state index in [2.05, 4.69) is 0 Å². The van der Waals surface area contributed by atoms with Gasteiger partial charge < -0.3 is 14.7 Å². The number of methoxy groups -OCH3 is 1. The summed E-state index contributed by atoms with van der Waals surface area (Å²) < 4.78 is 5.23. The van der Waals surface area contributed by atoms with Crippen molar-refractivity contribution >= 4 is 40.2 Å². The normalized spacial score (nSPS) is 18.5. The van der Waals surface area contributed by atoms with E-state index in [0.717, 1.165) is 22.6 Å². The van der Waals surface area contributed by atoms with Gasteiger partial charge in [0.25, 0.3) is 0 Å². The number of thioether (sulfide) groups is 1. The second-order valence-electron chi connectivity index (χ2n) is 6.36. The van der Waals surface area contributed by atoms with Crippen molar-refractivity contribution in [2.45, 2.75) is 13.0 Å². The molecule has 2 aromatic carbocycles. The van der Waals surface area contributed by atoms with Gasteiger partial charge in [0.1, 0.15) is 10.7 Å². The van der Waals surface area contributed by atoms with Gasteiger partial charge in [0.05, 0.1) is 18.8 Å². The van der Waals surface area contributed by atoms with Crippen LogP contribution in [0.2, 0.25) is 5.02 Å². The predicted molar refractivity (Wildman–Crippen MR) is 112 cm³/mol. The Hall–Kier alpha value is -2.70. The molecule has 0 fully saturated rings. The smallest absolute Gasteiger partial charge is 0.344 e. The van der Waals surface area contributed by atoms with E-state index < -0.39 is 5.97 Å². The van der Waals surface area contributed by atoms with Crippen LogP contribution in [0.1, 0.15) is 24.1 Å². The first-order valence-corrected chi connectivity index (χ1v) is 9.79. The molecule has 0 aliphatic carbocycles. The van der Waals surface area contributed by atoms with Crippen molar-refractivity contribution in [3.8, 4) is 5.75 Å². The summed E-state index contributed by atoms with van der Waals surface area (Å²) in [6.07, 6.45) is 2.05. The van der Waals surface area contributed by atoms with Gasteiger partial charge in [-0.05, 0) is 66.7 Å². The first kappa shape index (κ1) is 18.7. The van der Waals surface area contributed by atoms with Crippen molar-refractivity contribution in [1.29, 1.82) is 0 Å². The molecule has 5 nitrogen and oxygen atoms in total. The molecule has 0 saturated heterocycles. The third kappa shape index (κ3) is 3.30. The van der Waals surface area contributed by atoms with Gasteiger partial charge in [0, 0.05) is 16.3 Å². The number of amidine groups is 1. The van der Waals surface area contributed by atoms with Crippen molar-refractivity contribution in [1.82, 2.24) is 4.90 Å². The average Bonchev–Trinajstić information content (AvgIpc) is 3.05. The average molecular weight is 413 g/mol. The number of hydrogen-bond donors (Lipinski definition) is 1. The molecule has 0 saturated carbocycles. The monoisotopic (exact) mass is 412 g/mol. The van der Waals surface area contributed by atoms with Gasteiger partial charge in [-0.25, -0.2) is 9.79 Å². The van der Waals surface area contributed by atoms with Gasteiger partial charge in [-0.1, -0.05) is 23.7 Å². The fourth-order valence-corrected chi connectivity index (χ4v) is 4.40. The summed E-state index contributed by atoms with van der Waals surface area (Å²) in [4.78, 5) is 18.7. The van der Waals surface area contributed by atoms with Crippen LogP contribution in [0.15, 0.2) is 70.2 Å². The van der Waals surface area contributed by atoms with Crippen LogP contribution < -0.4 is 4.74 Å². The molecule has 0 spiro atoms. The highest BCUT2D eigenvalue weighted by Crippen LogP contribution is 2.45. The molecule has 2 heterocycles. The number of rotatable bonds is 4. The molecule has 2 aromatic rings. The molecule has 2 aliphatic heterocycles. The summed E-state index contributed by atoms with van der Waals surface area (Å²) in [7, 11) is 1.63. The minimum Gasteiger partial charge on any atom is -0.497 e. The van der Waals surface area contributed by atoms with Crippen molar-refractivity contribution in [3.05, 3.63) is 81.4 Å². The maximum atomic E-state index is 11.7. The van der Waals surface area contributed by atoms with Gasteiger partial charge in [-0.3, -0.25) is 0 Å². The van der Waals surface area contributed by atoms with E-state index in [1.165, 1.54) is 11.8 Å². The molecule has 0 bridgehead atoms. The lowest BCUT2D eigenvalue weighted by Gasteiger charge is -2.32. The molecule has 1 atom stereocenters. The highest BCUT2D eigenvalue weighted by atomic mass is 35.5. The zero-order valence-corrected chi connectivity index (χ0v) is 16.8. The van der Waals surface area contributed by atoms with Crippen molar-refractivity contribution in [2.75, 3.05) is 7.11 Å². The van der Waals surface area contributed by atoms with E-state index in [0.29, 0.717) is 20.8 Å². The quantitative estimate of drug-likeness (QED) is 0.751. The standard InChI is InChI=1S/C21H17ClN2O3S/c1-12-19(20(25)26)28-21-23-17(13-5-9-16(27-2)10-6-13)11-18(24(12)21)14-3-7-15(22)8-4-14/h3-11,18H,1-2H3,(H,25,26). The van der Waals surface area contributed by atoms with E-state index in [4.69, 9.17) is 21.3 Å². The number of halogens is 1. The number of allylic oxidation sites excluding steroid dienone is 1. The number of carboxylic acids is 1. The van der Waals surface area contributed by atoms with Crippen LogP contribution in [0.3, 0.4) is 0 Å². The molecule has 1 N–H and O–H groups in total. The van der Waals surface area contributed by atoms with Gasteiger partial charge in [-0.15, -0.1) is 0 Å². The molecular weight excluding hydrogens is 396 g/mol. The summed E-state index contributed by atoms with van der Waals surface area (Å²) >= 11 is 7.24. The number of carboxylic acid groups (broad SMARTS) is 1. The Morgan fingerprint density at radius 3 is 2.46 bits per heavy atom. The third-order valence-electron chi connectivity index (χ3n) is 4.69. The Bertz CT molecular complexity index is 1030. The number of aliphatic imine (C=N–C) groups is 1. The van der Waals surface area contributed by atoms with Gasteiger partial charge >= 0.3 is 5.97 Å². The fraction of sp³-hybridized carbons (Fsp3) is 0.143. The number of nitrogens with zero attached hydrogens (tertiary/aromatic N) is 2. The molecule has 28 heavy (non-hydrogen) atoms. The number of benzene rings is 2. The van der Waals surface area contributed by atoms with Crippen LogP contribution in [0.5, 0.6) is 5.75 Å². The molecule has 0 amide bonds. The molecule has 142 valence electrons. The second-order valence-corrected chi connectivity index (χ2v) is 7.78. The topological polar surface area (TPSA) is 62.1 Å². The Kier molecular flexibility index (Phi) is 4.91. The maximum Gasteiger partial charge on any atom is 0.344 e. The highest BCUT2D eigenvalue weighted by Gasteiger charge is 2.37. The largest absolute Gasteiger partial charge is 0.497 e. The van der Waals surface area contributed by atoms with E-state index in [1.54, 1.807) is 7.11 Å². The fourth-order valence-electron chi connectivity index (χ4n) is 3.26. The third-order valence-corrected chi connectivity index (χ3v) is 6.09. The Balaban J connectivity index is 1.81. The molecule has 0 radical (unpaired) electrons. The lowest BCUT2D eigenvalue weighted by Crippen LogP contribution is -2.30. The van der Waals surface area contributed by atoms with Crippen molar-refractivity contribution < 1.29 is 14.6 Å². The number of ether oxygens (including phenoxy) is 1. The summed E-state index contributed by atoms with van der Waals surface area (Å²) in [6.45, 7) is 1.81. The first-order chi connectivity index (χ1) is 13.5. The molecule has 1 unspecified atom stereocenters. The van der Waals surface area contributed by atoms with E-state index in [-0.39, 0.29) is 6.04 Å². The number of aliphatic carboxylic acids is 1. The summed E-state index contributed by atoms with van der Waals surface area (Å²) in [5, 5.41) is 10.9. The summed E-state index contributed by atoms with van der Waals surface area (Å²) in [5.74, 6) is -0.176. The van der Waals surface area contributed by atoms with Gasteiger partial charge in [-0.2, -0.15) is 0 Å². The zero-order chi connectivity index (χ0) is 19.8. The van der Waals surface area contributed by atoms with Crippen LogP contribution in [0, 0.1) is 0 Å². The molecule has 7 heteroatoms. The van der Waals surface area contributed by atoms with Crippen LogP contribution in [-0.2, 0) is 4.79 Å². The van der Waals surface area contributed by atoms with E-state index >= 15 is 0 Å². The number of hydrogen-bond acceptors (Lipinski definition) is 5. The van der Waals surface area contributed by atoms with Crippen molar-refractivity contribution in [2.24, 2.45) is 4.99 Å². The number of carbonyl (C=O) groups is 1. The van der Waals surface area contributed by atoms with Gasteiger partial charge in [0.2, 0.25) is 0 Å². The second kappa shape index (κ2) is 7.37. The zero-order valence-electron chi connectivity index (χ0n) is 15.2. The SMILES string of the molecule is COc1ccc(C2=CC(c3ccc(Cl)cc3)N3C(=N2)SC(C(=O)O)=C3C)cc1. The predicted octanol–water partition coefficient (Wildman–Crippen LogP) is 5.17. The molecule has 0 aromatic heterocycles. The van der Waals surface area contributed by atoms with Crippen LogP contribution in [0.4, 0.5) is 0 Å². The lowest BCUT2D eigenvalue weighted by molar-refractivity contribution is -0.131. The van der Waals surface area contributed by atoms with Crippen LogP contribution >= 0.6 is 23.4 Å². The van der Waals surface area contributed by atoms with Crippen LogP contribution in [-0.4, -0.2) is 28.3 Å². The van der Waals surface area contributed by atoms with E-state index in [9.17, 15) is 9.90 Å². The maximum absolute atomic E-state index is 11.7. The minimum absolute atomic E-state index is 0.175. The van der Waals surface area contributed by atoms with Gasteiger partial charge in [0.15, 0.2) is 5.17 Å². The highest BCUT2D eigenvalue weighted by molar-refractivity contribution is 8.18. The molecular formula is C21H17ClN2O3S. The Morgan fingerprint density at radius 1 is 1.18 bits per heavy atom. The number of fused-ring (bicyclic) bond motifs is 1. The molecule has 4 rings (SSSR count). The summed E-state index contributed by atoms with van der Waals surface area (Å²) in [5.41, 5.74) is 3.42. The first-order valence-electron chi connectivity index (χ1n) is 8.59.